The lowest BCUT2D eigenvalue weighted by atomic mass is 10.2. The van der Waals surface area contributed by atoms with E-state index >= 15 is 0 Å². The third-order valence-electron chi connectivity index (χ3n) is 5.50. The SMILES string of the molecule is CCCCn1c(=O)[nH]c(=O)c2c1nc(Cn1cnc3c(oc4ccccc43)c1=O)n2C. The van der Waals surface area contributed by atoms with Crippen molar-refractivity contribution in [2.45, 2.75) is 32.9 Å². The number of para-hydroxylation sites is 1. The molecule has 0 aliphatic heterocycles. The number of nitrogens with one attached hydrogen (secondary N) is 1. The summed E-state index contributed by atoms with van der Waals surface area (Å²) in [4.78, 5) is 49.1. The molecule has 4 heterocycles. The van der Waals surface area contributed by atoms with Crippen molar-refractivity contribution in [1.82, 2.24) is 28.7 Å². The molecule has 0 atom stereocenters. The first-order valence-electron chi connectivity index (χ1n) is 10.0. The van der Waals surface area contributed by atoms with Crippen LogP contribution < -0.4 is 16.8 Å². The zero-order chi connectivity index (χ0) is 21.7. The maximum Gasteiger partial charge on any atom is 0.330 e. The Morgan fingerprint density at radius 1 is 1.16 bits per heavy atom. The molecule has 0 aliphatic carbocycles. The van der Waals surface area contributed by atoms with Crippen LogP contribution in [0.15, 0.2) is 49.4 Å². The maximum absolute atomic E-state index is 13.0. The van der Waals surface area contributed by atoms with Crippen LogP contribution in [0.1, 0.15) is 25.6 Å². The average Bonchev–Trinajstić information content (AvgIpc) is 3.29. The fourth-order valence-electron chi connectivity index (χ4n) is 3.84. The van der Waals surface area contributed by atoms with Gasteiger partial charge in [0.1, 0.15) is 16.9 Å². The third kappa shape index (κ3) is 2.90. The average molecular weight is 420 g/mol. The third-order valence-corrected chi connectivity index (χ3v) is 5.50. The van der Waals surface area contributed by atoms with E-state index in [-0.39, 0.29) is 23.2 Å². The van der Waals surface area contributed by atoms with Crippen molar-refractivity contribution in [2.24, 2.45) is 7.05 Å². The lowest BCUT2D eigenvalue weighted by Crippen LogP contribution is -2.31. The first-order chi connectivity index (χ1) is 15.0. The fraction of sp³-hybridized carbons (Fsp3) is 0.286. The summed E-state index contributed by atoms with van der Waals surface area (Å²) < 4.78 is 10.2. The molecule has 10 nitrogen and oxygen atoms in total. The lowest BCUT2D eigenvalue weighted by molar-refractivity contribution is 0.612. The highest BCUT2D eigenvalue weighted by Gasteiger charge is 2.18. The van der Waals surface area contributed by atoms with Gasteiger partial charge in [-0.15, -0.1) is 0 Å². The van der Waals surface area contributed by atoms with Crippen molar-refractivity contribution >= 4 is 33.2 Å². The number of benzene rings is 1. The Labute approximate surface area is 174 Å². The van der Waals surface area contributed by atoms with Gasteiger partial charge in [0.2, 0.25) is 5.58 Å². The molecule has 158 valence electrons. The predicted octanol–water partition coefficient (Wildman–Crippen LogP) is 1.73. The van der Waals surface area contributed by atoms with E-state index in [0.717, 1.165) is 18.2 Å². The van der Waals surface area contributed by atoms with Crippen LogP contribution in [0.5, 0.6) is 0 Å². The van der Waals surface area contributed by atoms with Crippen LogP contribution in [0.3, 0.4) is 0 Å². The fourth-order valence-corrected chi connectivity index (χ4v) is 3.84. The van der Waals surface area contributed by atoms with Crippen LogP contribution in [-0.4, -0.2) is 28.7 Å². The summed E-state index contributed by atoms with van der Waals surface area (Å²) in [6.07, 6.45) is 3.12. The quantitative estimate of drug-likeness (QED) is 0.462. The molecule has 0 aliphatic rings. The lowest BCUT2D eigenvalue weighted by Gasteiger charge is -2.05. The van der Waals surface area contributed by atoms with E-state index in [4.69, 9.17) is 4.42 Å². The number of furan rings is 1. The monoisotopic (exact) mass is 420 g/mol. The largest absolute Gasteiger partial charge is 0.448 e. The number of unbranched alkanes of at least 4 members (excludes halogenated alkanes) is 1. The molecular weight excluding hydrogens is 400 g/mol. The number of aryl methyl sites for hydroxylation is 2. The van der Waals surface area contributed by atoms with E-state index in [1.165, 1.54) is 15.5 Å². The second kappa shape index (κ2) is 7.08. The van der Waals surface area contributed by atoms with Crippen molar-refractivity contribution in [1.29, 1.82) is 0 Å². The molecule has 1 aromatic carbocycles. The van der Waals surface area contributed by atoms with Crippen LogP contribution in [0.2, 0.25) is 0 Å². The summed E-state index contributed by atoms with van der Waals surface area (Å²) in [7, 11) is 1.69. The molecule has 5 rings (SSSR count). The molecular formula is C21H20N6O4. The second-order valence-corrected chi connectivity index (χ2v) is 7.48. The molecule has 0 unspecified atom stereocenters. The molecule has 1 N–H and O–H groups in total. The standard InChI is InChI=1S/C21H20N6O4/c1-3-4-9-27-18-16(19(28)24-21(27)30)25(2)14(23-18)10-26-11-22-15-12-7-5-6-8-13(12)31-17(15)20(26)29/h5-8,11H,3-4,9-10H2,1-2H3,(H,24,28,30). The van der Waals surface area contributed by atoms with Gasteiger partial charge in [-0.2, -0.15) is 0 Å². The number of nitrogens with zero attached hydrogens (tertiary/aromatic N) is 5. The molecule has 0 spiro atoms. The normalized spacial score (nSPS) is 11.8. The molecule has 0 radical (unpaired) electrons. The van der Waals surface area contributed by atoms with E-state index in [1.807, 2.05) is 25.1 Å². The Morgan fingerprint density at radius 3 is 2.77 bits per heavy atom. The van der Waals surface area contributed by atoms with Crippen molar-refractivity contribution in [3.05, 3.63) is 67.6 Å². The van der Waals surface area contributed by atoms with Crippen LogP contribution in [-0.2, 0) is 20.1 Å². The topological polar surface area (TPSA) is 121 Å². The number of hydrogen-bond donors (Lipinski definition) is 1. The van der Waals surface area contributed by atoms with E-state index in [9.17, 15) is 14.4 Å². The molecule has 10 heteroatoms. The van der Waals surface area contributed by atoms with Crippen LogP contribution in [0.4, 0.5) is 0 Å². The highest BCUT2D eigenvalue weighted by Crippen LogP contribution is 2.24. The summed E-state index contributed by atoms with van der Waals surface area (Å²) in [5, 5.41) is 0.774. The smallest absolute Gasteiger partial charge is 0.330 e. The molecule has 0 saturated carbocycles. The summed E-state index contributed by atoms with van der Waals surface area (Å²) in [5.41, 5.74) is 0.527. The minimum Gasteiger partial charge on any atom is -0.448 e. The Kier molecular flexibility index (Phi) is 4.35. The van der Waals surface area contributed by atoms with E-state index in [1.54, 1.807) is 17.7 Å². The Hall–Kier alpha value is -3.95. The van der Waals surface area contributed by atoms with Gasteiger partial charge in [0, 0.05) is 19.0 Å². The van der Waals surface area contributed by atoms with Gasteiger partial charge < -0.3 is 8.98 Å². The molecule has 31 heavy (non-hydrogen) atoms. The summed E-state index contributed by atoms with van der Waals surface area (Å²) in [5.74, 6) is 0.454. The van der Waals surface area contributed by atoms with Gasteiger partial charge in [-0.25, -0.2) is 14.8 Å². The number of H-pyrrole nitrogens is 1. The summed E-state index contributed by atoms with van der Waals surface area (Å²) in [6.45, 7) is 2.54. The van der Waals surface area contributed by atoms with E-state index < -0.39 is 11.2 Å². The van der Waals surface area contributed by atoms with Crippen LogP contribution in [0, 0.1) is 0 Å². The van der Waals surface area contributed by atoms with Crippen molar-refractivity contribution in [3.63, 3.8) is 0 Å². The maximum atomic E-state index is 13.0. The van der Waals surface area contributed by atoms with Gasteiger partial charge in [0.25, 0.3) is 11.1 Å². The number of hydrogen-bond acceptors (Lipinski definition) is 6. The molecule has 0 saturated heterocycles. The highest BCUT2D eigenvalue weighted by atomic mass is 16.3. The zero-order valence-corrected chi connectivity index (χ0v) is 17.1. The number of fused-ring (bicyclic) bond motifs is 4. The summed E-state index contributed by atoms with van der Waals surface area (Å²) in [6, 6.07) is 7.33. The van der Waals surface area contributed by atoms with Crippen LogP contribution >= 0.6 is 0 Å². The number of imidazole rings is 1. The Balaban J connectivity index is 1.65. The van der Waals surface area contributed by atoms with Crippen molar-refractivity contribution in [3.8, 4) is 0 Å². The first kappa shape index (κ1) is 19.0. The first-order valence-corrected chi connectivity index (χ1v) is 10.0. The molecule has 5 aromatic rings. The Bertz CT molecular complexity index is 1630. The minimum atomic E-state index is -0.507. The van der Waals surface area contributed by atoms with Gasteiger partial charge in [0.05, 0.1) is 12.9 Å². The molecule has 0 fully saturated rings. The predicted molar refractivity (Wildman–Crippen MR) is 115 cm³/mol. The Morgan fingerprint density at radius 2 is 1.97 bits per heavy atom. The highest BCUT2D eigenvalue weighted by molar-refractivity contribution is 6.01. The van der Waals surface area contributed by atoms with Crippen molar-refractivity contribution in [2.75, 3.05) is 0 Å². The van der Waals surface area contributed by atoms with Crippen LogP contribution in [0.25, 0.3) is 33.2 Å². The van der Waals surface area contributed by atoms with Gasteiger partial charge in [0.15, 0.2) is 11.2 Å². The van der Waals surface area contributed by atoms with Crippen molar-refractivity contribution < 1.29 is 4.42 Å². The summed E-state index contributed by atoms with van der Waals surface area (Å²) >= 11 is 0. The van der Waals surface area contributed by atoms with Gasteiger partial charge >= 0.3 is 5.69 Å². The minimum absolute atomic E-state index is 0.0748. The zero-order valence-electron chi connectivity index (χ0n) is 17.1. The van der Waals surface area contributed by atoms with Gasteiger partial charge in [-0.1, -0.05) is 25.5 Å². The molecule has 4 aromatic heterocycles. The molecule has 0 amide bonds. The molecule has 0 bridgehead atoms. The van der Waals surface area contributed by atoms with Gasteiger partial charge in [-0.3, -0.25) is 23.7 Å². The van der Waals surface area contributed by atoms with Gasteiger partial charge in [-0.05, 0) is 18.6 Å². The van der Waals surface area contributed by atoms with E-state index in [2.05, 4.69) is 15.0 Å². The number of aromatic nitrogens is 6. The second-order valence-electron chi connectivity index (χ2n) is 7.48. The number of rotatable bonds is 5. The number of aromatic amines is 1. The van der Waals surface area contributed by atoms with E-state index in [0.29, 0.717) is 29.1 Å².